The predicted octanol–water partition coefficient (Wildman–Crippen LogP) is 5.06. The molecule has 1 heterocycles. The maximum atomic E-state index is 12.9. The van der Waals surface area contributed by atoms with Crippen LogP contribution in [0.1, 0.15) is 24.8 Å². The van der Waals surface area contributed by atoms with Gasteiger partial charge in [-0.2, -0.15) is 0 Å². The third-order valence-electron chi connectivity index (χ3n) is 5.55. The van der Waals surface area contributed by atoms with Crippen molar-refractivity contribution in [2.75, 3.05) is 17.2 Å². The molecule has 0 fully saturated rings. The lowest BCUT2D eigenvalue weighted by atomic mass is 10.1. The zero-order valence-electron chi connectivity index (χ0n) is 19.6. The topological polar surface area (TPSA) is 122 Å². The quantitative estimate of drug-likeness (QED) is 0.254. The number of hydrogen-bond donors (Lipinski definition) is 4. The minimum atomic E-state index is -0.705. The third kappa shape index (κ3) is 6.45. The molecule has 4 aromatic rings. The normalized spacial score (nSPS) is 11.7. The Labute approximate surface area is 203 Å². The number of benzene rings is 3. The minimum Gasteiger partial charge on any atom is -0.436 e. The summed E-state index contributed by atoms with van der Waals surface area (Å²) in [6, 6.07) is 21.1. The Morgan fingerprint density at radius 1 is 0.943 bits per heavy atom. The monoisotopic (exact) mass is 471 g/mol. The van der Waals surface area contributed by atoms with E-state index in [2.05, 4.69) is 20.9 Å². The highest BCUT2D eigenvalue weighted by Crippen LogP contribution is 2.26. The number of anilines is 2. The molecule has 35 heavy (non-hydrogen) atoms. The molecule has 0 spiro atoms. The first kappa shape index (κ1) is 24.0. The van der Waals surface area contributed by atoms with Gasteiger partial charge in [0.2, 0.25) is 11.8 Å². The Hall–Kier alpha value is -4.17. The molecule has 1 aromatic heterocycles. The van der Waals surface area contributed by atoms with Crippen molar-refractivity contribution in [2.24, 2.45) is 5.73 Å². The summed E-state index contributed by atoms with van der Waals surface area (Å²) in [6.45, 7) is 2.51. The fourth-order valence-corrected chi connectivity index (χ4v) is 3.68. The van der Waals surface area contributed by atoms with Crippen LogP contribution in [0.3, 0.4) is 0 Å². The number of nitrogens with zero attached hydrogens (tertiary/aromatic N) is 1. The summed E-state index contributed by atoms with van der Waals surface area (Å²) in [5.74, 6) is 0.189. The molecule has 4 rings (SSSR count). The van der Waals surface area contributed by atoms with Crippen LogP contribution in [0.4, 0.5) is 16.2 Å². The smallest absolute Gasteiger partial charge is 0.319 e. The highest BCUT2D eigenvalue weighted by Gasteiger charge is 2.21. The van der Waals surface area contributed by atoms with Crippen LogP contribution < -0.4 is 21.7 Å². The van der Waals surface area contributed by atoms with Gasteiger partial charge in [0, 0.05) is 16.9 Å². The lowest BCUT2D eigenvalue weighted by molar-refractivity contribution is -0.118. The van der Waals surface area contributed by atoms with E-state index < -0.39 is 12.1 Å². The molecule has 180 valence electrons. The molecule has 0 aliphatic carbocycles. The number of carbonyl (C=O) groups is 2. The number of nitrogens with one attached hydrogen (secondary N) is 3. The summed E-state index contributed by atoms with van der Waals surface area (Å²) in [7, 11) is 0. The Balaban J connectivity index is 1.43. The molecule has 0 unspecified atom stereocenters. The van der Waals surface area contributed by atoms with E-state index in [4.69, 9.17) is 10.2 Å². The van der Waals surface area contributed by atoms with E-state index in [-0.39, 0.29) is 5.91 Å². The summed E-state index contributed by atoms with van der Waals surface area (Å²) in [4.78, 5) is 30.2. The second-order valence-corrected chi connectivity index (χ2v) is 8.36. The Bertz CT molecular complexity index is 1270. The van der Waals surface area contributed by atoms with Crippen LogP contribution in [0.15, 0.2) is 77.2 Å². The highest BCUT2D eigenvalue weighted by molar-refractivity contribution is 5.99. The predicted molar refractivity (Wildman–Crippen MR) is 138 cm³/mol. The number of rotatable bonds is 9. The van der Waals surface area contributed by atoms with E-state index in [0.29, 0.717) is 35.8 Å². The van der Waals surface area contributed by atoms with Crippen molar-refractivity contribution < 1.29 is 14.0 Å². The largest absolute Gasteiger partial charge is 0.436 e. The average molecular weight is 472 g/mol. The van der Waals surface area contributed by atoms with Crippen LogP contribution in [0.25, 0.3) is 22.6 Å². The number of para-hydroxylation sites is 2. The number of oxazole rings is 1. The second kappa shape index (κ2) is 11.3. The van der Waals surface area contributed by atoms with Gasteiger partial charge in [-0.3, -0.25) is 4.79 Å². The first-order valence-electron chi connectivity index (χ1n) is 11.6. The van der Waals surface area contributed by atoms with Gasteiger partial charge in [-0.1, -0.05) is 35.9 Å². The number of urea groups is 1. The number of nitrogens with two attached hydrogens (primary N) is 1. The Kier molecular flexibility index (Phi) is 7.74. The number of hydrogen-bond acceptors (Lipinski definition) is 5. The summed E-state index contributed by atoms with van der Waals surface area (Å²) in [6.07, 6.45) is 1.96. The van der Waals surface area contributed by atoms with Crippen LogP contribution in [0.5, 0.6) is 0 Å². The van der Waals surface area contributed by atoms with Crippen molar-refractivity contribution in [2.45, 2.75) is 32.2 Å². The number of aryl methyl sites for hydroxylation is 1. The van der Waals surface area contributed by atoms with Gasteiger partial charge in [0.05, 0.1) is 0 Å². The molecule has 0 saturated heterocycles. The van der Waals surface area contributed by atoms with Gasteiger partial charge in [-0.05, 0) is 75.2 Å². The summed E-state index contributed by atoms with van der Waals surface area (Å²) >= 11 is 0. The number of fused-ring (bicyclic) bond motifs is 1. The fourth-order valence-electron chi connectivity index (χ4n) is 3.68. The molecular weight excluding hydrogens is 442 g/mol. The second-order valence-electron chi connectivity index (χ2n) is 8.36. The molecular formula is C27H29N5O3. The molecule has 3 amide bonds. The Morgan fingerprint density at radius 2 is 1.74 bits per heavy atom. The van der Waals surface area contributed by atoms with Crippen molar-refractivity contribution in [1.29, 1.82) is 0 Å². The Morgan fingerprint density at radius 3 is 2.51 bits per heavy atom. The van der Waals surface area contributed by atoms with Gasteiger partial charge in [0.25, 0.3) is 0 Å². The first-order chi connectivity index (χ1) is 17.0. The molecule has 1 atom stereocenters. The molecule has 8 nitrogen and oxygen atoms in total. The number of unbranched alkanes of at least 4 members (excludes halogenated alkanes) is 1. The van der Waals surface area contributed by atoms with Crippen molar-refractivity contribution in [3.63, 3.8) is 0 Å². The summed E-state index contributed by atoms with van der Waals surface area (Å²) < 4.78 is 5.83. The SMILES string of the molecule is Cc1ccc(NC(=O)[C@H](CCCCN)NC(=O)Nc2cccc(-c3nc4ccccc4o3)c2)cc1. The van der Waals surface area contributed by atoms with Gasteiger partial charge < -0.3 is 26.1 Å². The average Bonchev–Trinajstić information content (AvgIpc) is 3.29. The molecule has 3 aromatic carbocycles. The van der Waals surface area contributed by atoms with E-state index in [1.54, 1.807) is 12.1 Å². The third-order valence-corrected chi connectivity index (χ3v) is 5.55. The molecule has 8 heteroatoms. The molecule has 0 saturated carbocycles. The number of aromatic nitrogens is 1. The maximum absolute atomic E-state index is 12.9. The van der Waals surface area contributed by atoms with E-state index >= 15 is 0 Å². The number of amides is 3. The van der Waals surface area contributed by atoms with Gasteiger partial charge in [0.15, 0.2) is 5.58 Å². The standard InChI is InChI=1S/C27H29N5O3/c1-18-12-14-20(15-13-18)29-25(33)23(10-4-5-16-28)32-27(34)30-21-8-6-7-19(17-21)26-31-22-9-2-3-11-24(22)35-26/h2-3,6-9,11-15,17,23H,4-5,10,16,28H2,1H3,(H,29,33)(H2,30,32,34)/t23-/m0/s1. The van der Waals surface area contributed by atoms with Crippen LogP contribution >= 0.6 is 0 Å². The van der Waals surface area contributed by atoms with E-state index in [1.807, 2.05) is 67.6 Å². The lowest BCUT2D eigenvalue weighted by Gasteiger charge is -2.19. The molecule has 5 N–H and O–H groups in total. The lowest BCUT2D eigenvalue weighted by Crippen LogP contribution is -2.45. The van der Waals surface area contributed by atoms with Gasteiger partial charge >= 0.3 is 6.03 Å². The van der Waals surface area contributed by atoms with Crippen molar-refractivity contribution in [1.82, 2.24) is 10.3 Å². The van der Waals surface area contributed by atoms with Crippen LogP contribution in [0, 0.1) is 6.92 Å². The molecule has 0 aliphatic rings. The molecule has 0 bridgehead atoms. The zero-order chi connectivity index (χ0) is 24.6. The molecule has 0 aliphatic heterocycles. The van der Waals surface area contributed by atoms with Gasteiger partial charge in [-0.15, -0.1) is 0 Å². The van der Waals surface area contributed by atoms with Gasteiger partial charge in [0.1, 0.15) is 11.6 Å². The minimum absolute atomic E-state index is 0.277. The molecule has 0 radical (unpaired) electrons. The first-order valence-corrected chi connectivity index (χ1v) is 11.6. The van der Waals surface area contributed by atoms with Gasteiger partial charge in [-0.25, -0.2) is 9.78 Å². The summed E-state index contributed by atoms with van der Waals surface area (Å²) in [5.41, 5.74) is 10.1. The van der Waals surface area contributed by atoms with Crippen LogP contribution in [-0.4, -0.2) is 29.5 Å². The van der Waals surface area contributed by atoms with Crippen molar-refractivity contribution >= 4 is 34.4 Å². The van der Waals surface area contributed by atoms with E-state index in [0.717, 1.165) is 29.5 Å². The van der Waals surface area contributed by atoms with Crippen LogP contribution in [0.2, 0.25) is 0 Å². The van der Waals surface area contributed by atoms with Crippen LogP contribution in [-0.2, 0) is 4.79 Å². The van der Waals surface area contributed by atoms with Crippen molar-refractivity contribution in [3.8, 4) is 11.5 Å². The fraction of sp³-hybridized carbons (Fsp3) is 0.222. The van der Waals surface area contributed by atoms with E-state index in [1.165, 1.54) is 0 Å². The number of carbonyl (C=O) groups excluding carboxylic acids is 2. The zero-order valence-corrected chi connectivity index (χ0v) is 19.6. The highest BCUT2D eigenvalue weighted by atomic mass is 16.3. The van der Waals surface area contributed by atoms with Crippen molar-refractivity contribution in [3.05, 3.63) is 78.4 Å². The summed E-state index contributed by atoms with van der Waals surface area (Å²) in [5, 5.41) is 8.48. The van der Waals surface area contributed by atoms with E-state index in [9.17, 15) is 9.59 Å². The maximum Gasteiger partial charge on any atom is 0.319 e.